The molecule has 5 nitrogen and oxygen atoms in total. The van der Waals surface area contributed by atoms with Gasteiger partial charge in [-0.15, -0.1) is 0 Å². The predicted molar refractivity (Wildman–Crippen MR) is 105 cm³/mol. The number of nitriles is 1. The summed E-state index contributed by atoms with van der Waals surface area (Å²) in [5.41, 5.74) is 2.16. The smallest absolute Gasteiger partial charge is 0.191 e. The molecule has 0 amide bonds. The Morgan fingerprint density at radius 1 is 1.15 bits per heavy atom. The number of hydrogen-bond donors (Lipinski definition) is 2. The van der Waals surface area contributed by atoms with E-state index in [1.807, 2.05) is 18.2 Å². The van der Waals surface area contributed by atoms with Crippen LogP contribution >= 0.6 is 0 Å². The maximum atomic E-state index is 13.8. The molecule has 0 unspecified atom stereocenters. The second kappa shape index (κ2) is 10.8. The van der Waals surface area contributed by atoms with E-state index in [2.05, 4.69) is 27.8 Å². The van der Waals surface area contributed by atoms with Crippen LogP contribution in [-0.2, 0) is 13.0 Å². The highest BCUT2D eigenvalue weighted by Crippen LogP contribution is 2.13. The normalized spacial score (nSPS) is 11.0. The van der Waals surface area contributed by atoms with E-state index in [9.17, 15) is 4.39 Å². The monoisotopic (exact) mass is 368 g/mol. The maximum Gasteiger partial charge on any atom is 0.191 e. The van der Waals surface area contributed by atoms with Gasteiger partial charge in [0, 0.05) is 25.7 Å². The molecule has 0 fully saturated rings. The molecule has 0 spiro atoms. The minimum absolute atomic E-state index is 0.271. The molecule has 0 bridgehead atoms. The first-order valence-corrected chi connectivity index (χ1v) is 8.92. The van der Waals surface area contributed by atoms with Crippen molar-refractivity contribution >= 4 is 5.96 Å². The minimum atomic E-state index is -0.337. The first-order chi connectivity index (χ1) is 13.2. The lowest BCUT2D eigenvalue weighted by Crippen LogP contribution is -2.37. The second-order valence-electron chi connectivity index (χ2n) is 6.08. The number of nitrogens with one attached hydrogen (secondary N) is 2. The quantitative estimate of drug-likeness (QED) is 0.426. The van der Waals surface area contributed by atoms with Crippen LogP contribution < -0.4 is 15.4 Å². The average molecular weight is 368 g/mol. The molecule has 0 aliphatic rings. The van der Waals surface area contributed by atoms with Crippen molar-refractivity contribution in [2.75, 3.05) is 20.7 Å². The molecular formula is C21H25FN4O. The highest BCUT2D eigenvalue weighted by Gasteiger charge is 2.05. The molecule has 6 heteroatoms. The Bertz CT molecular complexity index is 797. The fraction of sp³-hybridized carbons (Fsp3) is 0.333. The van der Waals surface area contributed by atoms with Gasteiger partial charge in [0.1, 0.15) is 11.6 Å². The predicted octanol–water partition coefficient (Wildman–Crippen LogP) is 3.39. The van der Waals surface area contributed by atoms with E-state index in [0.29, 0.717) is 17.1 Å². The molecular weight excluding hydrogens is 343 g/mol. The molecule has 0 heterocycles. The van der Waals surface area contributed by atoms with Crippen molar-refractivity contribution in [1.82, 2.24) is 10.6 Å². The van der Waals surface area contributed by atoms with Crippen molar-refractivity contribution < 1.29 is 9.13 Å². The van der Waals surface area contributed by atoms with E-state index in [1.165, 1.54) is 17.7 Å². The number of guanidine groups is 1. The molecule has 2 rings (SSSR count). The Morgan fingerprint density at radius 2 is 1.93 bits per heavy atom. The van der Waals surface area contributed by atoms with Crippen LogP contribution in [0.15, 0.2) is 47.5 Å². The van der Waals surface area contributed by atoms with Gasteiger partial charge >= 0.3 is 0 Å². The van der Waals surface area contributed by atoms with E-state index in [0.717, 1.165) is 31.6 Å². The summed E-state index contributed by atoms with van der Waals surface area (Å²) >= 11 is 0. The number of benzene rings is 2. The van der Waals surface area contributed by atoms with Crippen LogP contribution in [0.5, 0.6) is 5.75 Å². The highest BCUT2D eigenvalue weighted by molar-refractivity contribution is 5.79. The fourth-order valence-electron chi connectivity index (χ4n) is 2.63. The van der Waals surface area contributed by atoms with Crippen molar-refractivity contribution in [2.24, 2.45) is 4.99 Å². The molecule has 2 N–H and O–H groups in total. The van der Waals surface area contributed by atoms with Gasteiger partial charge in [-0.3, -0.25) is 4.99 Å². The average Bonchev–Trinajstić information content (AvgIpc) is 2.71. The molecule has 2 aromatic carbocycles. The molecule has 0 aliphatic carbocycles. The summed E-state index contributed by atoms with van der Waals surface area (Å²) in [5, 5.41) is 15.2. The molecule has 0 saturated carbocycles. The van der Waals surface area contributed by atoms with Gasteiger partial charge in [-0.05, 0) is 55.2 Å². The zero-order chi connectivity index (χ0) is 19.5. The molecule has 2 aromatic rings. The van der Waals surface area contributed by atoms with Gasteiger partial charge in [-0.2, -0.15) is 5.26 Å². The van der Waals surface area contributed by atoms with Crippen molar-refractivity contribution in [3.05, 3.63) is 65.0 Å². The zero-order valence-electron chi connectivity index (χ0n) is 15.8. The first kappa shape index (κ1) is 20.2. The number of methoxy groups -OCH3 is 1. The summed E-state index contributed by atoms with van der Waals surface area (Å²) in [5.74, 6) is 1.14. The molecule has 142 valence electrons. The number of hydrogen-bond acceptors (Lipinski definition) is 3. The van der Waals surface area contributed by atoms with Crippen LogP contribution in [0, 0.1) is 17.1 Å². The van der Waals surface area contributed by atoms with Crippen LogP contribution in [0.3, 0.4) is 0 Å². The lowest BCUT2D eigenvalue weighted by Gasteiger charge is -2.12. The summed E-state index contributed by atoms with van der Waals surface area (Å²) in [6.07, 6.45) is 3.05. The van der Waals surface area contributed by atoms with Gasteiger partial charge in [-0.1, -0.05) is 12.1 Å². The summed E-state index contributed by atoms with van der Waals surface area (Å²) in [6.45, 7) is 1.05. The number of rotatable bonds is 8. The topological polar surface area (TPSA) is 69.4 Å². The lowest BCUT2D eigenvalue weighted by atomic mass is 10.1. The van der Waals surface area contributed by atoms with E-state index >= 15 is 0 Å². The highest BCUT2D eigenvalue weighted by atomic mass is 19.1. The van der Waals surface area contributed by atoms with Crippen LogP contribution in [0.1, 0.15) is 29.5 Å². The lowest BCUT2D eigenvalue weighted by molar-refractivity contribution is 0.414. The Balaban J connectivity index is 1.70. The van der Waals surface area contributed by atoms with Crippen molar-refractivity contribution in [1.29, 1.82) is 5.26 Å². The third-order valence-electron chi connectivity index (χ3n) is 4.19. The fourth-order valence-corrected chi connectivity index (χ4v) is 2.63. The number of aliphatic imine (C=N–C) groups is 1. The van der Waals surface area contributed by atoms with Crippen LogP contribution in [0.2, 0.25) is 0 Å². The van der Waals surface area contributed by atoms with Gasteiger partial charge in [0.25, 0.3) is 0 Å². The number of unbranched alkanes of at least 4 members (excludes halogenated alkanes) is 1. The third-order valence-corrected chi connectivity index (χ3v) is 4.19. The van der Waals surface area contributed by atoms with Crippen LogP contribution in [0.4, 0.5) is 4.39 Å². The molecule has 27 heavy (non-hydrogen) atoms. The SMILES string of the molecule is CN=C(NCCCCc1ccc(OC)cc1)NCc1cc(C#N)ccc1F. The van der Waals surface area contributed by atoms with Gasteiger partial charge in [0.05, 0.1) is 18.7 Å². The Labute approximate surface area is 159 Å². The van der Waals surface area contributed by atoms with Gasteiger partial charge in [0.15, 0.2) is 5.96 Å². The second-order valence-corrected chi connectivity index (χ2v) is 6.08. The Hall–Kier alpha value is -3.07. The number of halogens is 1. The standard InChI is InChI=1S/C21H25FN4O/c1-24-21(26-15-18-13-17(14-23)8-11-20(18)22)25-12-4-3-5-16-6-9-19(27-2)10-7-16/h6-11,13H,3-5,12,15H2,1-2H3,(H2,24,25,26). The number of nitrogens with zero attached hydrogens (tertiary/aromatic N) is 2. The van der Waals surface area contributed by atoms with E-state index in [-0.39, 0.29) is 12.4 Å². The van der Waals surface area contributed by atoms with Gasteiger partial charge < -0.3 is 15.4 Å². The van der Waals surface area contributed by atoms with Crippen molar-refractivity contribution in [2.45, 2.75) is 25.8 Å². The molecule has 0 aromatic heterocycles. The van der Waals surface area contributed by atoms with Gasteiger partial charge in [-0.25, -0.2) is 4.39 Å². The Kier molecular flexibility index (Phi) is 8.11. The molecule has 0 atom stereocenters. The molecule has 0 saturated heterocycles. The maximum absolute atomic E-state index is 13.8. The summed E-state index contributed by atoms with van der Waals surface area (Å²) in [6, 6.07) is 14.4. The summed E-state index contributed by atoms with van der Waals surface area (Å²) in [7, 11) is 3.34. The summed E-state index contributed by atoms with van der Waals surface area (Å²) in [4.78, 5) is 4.14. The number of ether oxygens (including phenoxy) is 1. The Morgan fingerprint density at radius 3 is 2.59 bits per heavy atom. The minimum Gasteiger partial charge on any atom is -0.497 e. The first-order valence-electron chi connectivity index (χ1n) is 8.92. The number of aryl methyl sites for hydroxylation is 1. The van der Waals surface area contributed by atoms with Crippen molar-refractivity contribution in [3.63, 3.8) is 0 Å². The van der Waals surface area contributed by atoms with Crippen LogP contribution in [-0.4, -0.2) is 26.7 Å². The largest absolute Gasteiger partial charge is 0.497 e. The van der Waals surface area contributed by atoms with Crippen molar-refractivity contribution in [3.8, 4) is 11.8 Å². The van der Waals surface area contributed by atoms with E-state index < -0.39 is 0 Å². The molecule has 0 aliphatic heterocycles. The molecule has 0 radical (unpaired) electrons. The van der Waals surface area contributed by atoms with Crippen LogP contribution in [0.25, 0.3) is 0 Å². The third kappa shape index (κ3) is 6.63. The van der Waals surface area contributed by atoms with E-state index in [4.69, 9.17) is 10.00 Å². The zero-order valence-corrected chi connectivity index (χ0v) is 15.8. The van der Waals surface area contributed by atoms with Gasteiger partial charge in [0.2, 0.25) is 0 Å². The summed E-state index contributed by atoms with van der Waals surface area (Å²) < 4.78 is 19.0. The van der Waals surface area contributed by atoms with E-state index in [1.54, 1.807) is 20.2 Å².